The van der Waals surface area contributed by atoms with Gasteiger partial charge < -0.3 is 10.2 Å². The highest BCUT2D eigenvalue weighted by Crippen LogP contribution is 2.36. The van der Waals surface area contributed by atoms with Crippen LogP contribution in [-0.2, 0) is 17.4 Å². The van der Waals surface area contributed by atoms with Crippen LogP contribution in [0.15, 0.2) is 42.5 Å². The number of hydrogen-bond acceptors (Lipinski definition) is 2. The molecule has 4 nitrogen and oxygen atoms in total. The third-order valence-corrected chi connectivity index (χ3v) is 4.22. The van der Waals surface area contributed by atoms with E-state index in [1.807, 2.05) is 19.1 Å². The number of hydrogen-bond donors (Lipinski definition) is 1. The molecule has 0 heterocycles. The number of rotatable bonds is 5. The first-order chi connectivity index (χ1) is 12.6. The fourth-order valence-electron chi connectivity index (χ4n) is 2.41. The summed E-state index contributed by atoms with van der Waals surface area (Å²) >= 11 is 5.55. The van der Waals surface area contributed by atoms with E-state index in [0.29, 0.717) is 5.56 Å². The van der Waals surface area contributed by atoms with Gasteiger partial charge in [0.05, 0.1) is 17.1 Å². The lowest BCUT2D eigenvalue weighted by Gasteiger charge is -2.17. The molecular formula is C19H18ClF3N2O2. The van der Waals surface area contributed by atoms with E-state index in [9.17, 15) is 22.8 Å². The standard InChI is InChI=1S/C19H18ClF3N2O2/c1-3-12-4-6-13(7-5-12)18(27)25(2)11-17(26)24-14-8-9-16(20)15(10-14)19(21,22)23/h4-10H,3,11H2,1-2H3,(H,24,26). The van der Waals surface area contributed by atoms with Crippen LogP contribution >= 0.6 is 11.6 Å². The van der Waals surface area contributed by atoms with Gasteiger partial charge in [-0.05, 0) is 42.3 Å². The van der Waals surface area contributed by atoms with Crippen molar-refractivity contribution < 1.29 is 22.8 Å². The molecule has 2 aromatic rings. The summed E-state index contributed by atoms with van der Waals surface area (Å²) in [5, 5.41) is 1.89. The van der Waals surface area contributed by atoms with Gasteiger partial charge in [0, 0.05) is 18.3 Å². The number of carbonyl (C=O) groups excluding carboxylic acids is 2. The Kier molecular flexibility index (Phi) is 6.49. The molecule has 0 saturated carbocycles. The maximum atomic E-state index is 12.9. The van der Waals surface area contributed by atoms with Crippen molar-refractivity contribution in [1.82, 2.24) is 4.90 Å². The first kappa shape index (κ1) is 20.8. The second-order valence-electron chi connectivity index (χ2n) is 5.95. The number of likely N-dealkylation sites (N-methyl/N-ethyl adjacent to an activating group) is 1. The van der Waals surface area contributed by atoms with Crippen LogP contribution in [0.4, 0.5) is 18.9 Å². The third-order valence-electron chi connectivity index (χ3n) is 3.89. The number of carbonyl (C=O) groups is 2. The zero-order valence-corrected chi connectivity index (χ0v) is 15.5. The zero-order valence-electron chi connectivity index (χ0n) is 14.7. The van der Waals surface area contributed by atoms with Crippen molar-refractivity contribution in [3.8, 4) is 0 Å². The van der Waals surface area contributed by atoms with Gasteiger partial charge in [-0.2, -0.15) is 13.2 Å². The Morgan fingerprint density at radius 1 is 1.11 bits per heavy atom. The Balaban J connectivity index is 2.03. The minimum atomic E-state index is -4.63. The monoisotopic (exact) mass is 398 g/mol. The minimum Gasteiger partial charge on any atom is -0.332 e. The first-order valence-corrected chi connectivity index (χ1v) is 8.50. The predicted molar refractivity (Wildman–Crippen MR) is 97.9 cm³/mol. The Hall–Kier alpha value is -2.54. The highest BCUT2D eigenvalue weighted by Gasteiger charge is 2.33. The summed E-state index contributed by atoms with van der Waals surface area (Å²) in [6, 6.07) is 10.1. The number of amides is 2. The second kappa shape index (κ2) is 8.43. The van der Waals surface area contributed by atoms with E-state index < -0.39 is 22.7 Å². The van der Waals surface area contributed by atoms with E-state index in [0.717, 1.165) is 24.1 Å². The molecule has 0 spiro atoms. The average Bonchev–Trinajstić information content (AvgIpc) is 2.61. The molecule has 0 bridgehead atoms. The van der Waals surface area contributed by atoms with E-state index in [2.05, 4.69) is 5.32 Å². The Labute approximate surface area is 159 Å². The summed E-state index contributed by atoms with van der Waals surface area (Å²) in [5.41, 5.74) is 0.413. The van der Waals surface area contributed by atoms with Crippen LogP contribution in [0.25, 0.3) is 0 Å². The molecule has 144 valence electrons. The fourth-order valence-corrected chi connectivity index (χ4v) is 2.64. The molecule has 0 aliphatic heterocycles. The number of halogens is 4. The number of anilines is 1. The lowest BCUT2D eigenvalue weighted by Crippen LogP contribution is -2.35. The first-order valence-electron chi connectivity index (χ1n) is 8.12. The zero-order chi connectivity index (χ0) is 20.2. The van der Waals surface area contributed by atoms with Gasteiger partial charge in [-0.3, -0.25) is 9.59 Å². The third kappa shape index (κ3) is 5.47. The van der Waals surface area contributed by atoms with Gasteiger partial charge >= 0.3 is 6.18 Å². The summed E-state index contributed by atoms with van der Waals surface area (Å²) in [6.45, 7) is 1.69. The molecule has 0 atom stereocenters. The van der Waals surface area contributed by atoms with Gasteiger partial charge in [0.1, 0.15) is 0 Å². The normalized spacial score (nSPS) is 11.2. The predicted octanol–water partition coefficient (Wildman–Crippen LogP) is 4.63. The average molecular weight is 399 g/mol. The molecule has 27 heavy (non-hydrogen) atoms. The molecule has 2 rings (SSSR count). The summed E-state index contributed by atoms with van der Waals surface area (Å²) in [6.07, 6.45) is -3.79. The number of nitrogens with one attached hydrogen (secondary N) is 1. The fraction of sp³-hybridized carbons (Fsp3) is 0.263. The maximum Gasteiger partial charge on any atom is 0.417 e. The lowest BCUT2D eigenvalue weighted by atomic mass is 10.1. The van der Waals surface area contributed by atoms with Gasteiger partial charge in [0.25, 0.3) is 5.91 Å². The topological polar surface area (TPSA) is 49.4 Å². The Morgan fingerprint density at radius 2 is 1.74 bits per heavy atom. The quantitative estimate of drug-likeness (QED) is 0.798. The van der Waals surface area contributed by atoms with Crippen LogP contribution in [0.3, 0.4) is 0 Å². The van der Waals surface area contributed by atoms with Crippen molar-refractivity contribution in [3.05, 3.63) is 64.2 Å². The van der Waals surface area contributed by atoms with Crippen LogP contribution in [0.2, 0.25) is 5.02 Å². The number of aryl methyl sites for hydroxylation is 1. The second-order valence-corrected chi connectivity index (χ2v) is 6.36. The minimum absolute atomic E-state index is 0.0510. The van der Waals surface area contributed by atoms with Gasteiger partial charge in [0.2, 0.25) is 5.91 Å². The Morgan fingerprint density at radius 3 is 2.30 bits per heavy atom. The van der Waals surface area contributed by atoms with Crippen LogP contribution < -0.4 is 5.32 Å². The van der Waals surface area contributed by atoms with Crippen molar-refractivity contribution in [2.45, 2.75) is 19.5 Å². The van der Waals surface area contributed by atoms with Gasteiger partial charge in [0.15, 0.2) is 0 Å². The van der Waals surface area contributed by atoms with E-state index >= 15 is 0 Å². The molecular weight excluding hydrogens is 381 g/mol. The molecule has 0 radical (unpaired) electrons. The molecule has 0 fully saturated rings. The molecule has 0 saturated heterocycles. The molecule has 2 amide bonds. The maximum absolute atomic E-state index is 12.9. The number of benzene rings is 2. The summed E-state index contributed by atoms with van der Waals surface area (Å²) in [5.74, 6) is -0.980. The molecule has 0 aliphatic carbocycles. The molecule has 0 unspecified atom stereocenters. The molecule has 1 N–H and O–H groups in total. The smallest absolute Gasteiger partial charge is 0.332 e. The highest BCUT2D eigenvalue weighted by atomic mass is 35.5. The largest absolute Gasteiger partial charge is 0.417 e. The summed E-state index contributed by atoms with van der Waals surface area (Å²) < 4.78 is 38.6. The van der Waals surface area contributed by atoms with Crippen molar-refractivity contribution in [2.75, 3.05) is 18.9 Å². The van der Waals surface area contributed by atoms with Gasteiger partial charge in [-0.25, -0.2) is 0 Å². The van der Waals surface area contributed by atoms with E-state index in [1.165, 1.54) is 18.0 Å². The molecule has 0 aromatic heterocycles. The van der Waals surface area contributed by atoms with E-state index in [-0.39, 0.29) is 18.1 Å². The van der Waals surface area contributed by atoms with E-state index in [4.69, 9.17) is 11.6 Å². The summed E-state index contributed by atoms with van der Waals surface area (Å²) in [7, 11) is 1.44. The van der Waals surface area contributed by atoms with Crippen molar-refractivity contribution >= 4 is 29.1 Å². The number of alkyl halides is 3. The van der Waals surface area contributed by atoms with Crippen molar-refractivity contribution in [2.24, 2.45) is 0 Å². The lowest BCUT2D eigenvalue weighted by molar-refractivity contribution is -0.137. The Bertz CT molecular complexity index is 836. The van der Waals surface area contributed by atoms with Gasteiger partial charge in [-0.1, -0.05) is 30.7 Å². The van der Waals surface area contributed by atoms with Crippen molar-refractivity contribution in [1.29, 1.82) is 0 Å². The van der Waals surface area contributed by atoms with Crippen LogP contribution in [0.1, 0.15) is 28.4 Å². The number of nitrogens with zero attached hydrogens (tertiary/aromatic N) is 1. The summed E-state index contributed by atoms with van der Waals surface area (Å²) in [4.78, 5) is 25.6. The molecule has 2 aromatic carbocycles. The van der Waals surface area contributed by atoms with Crippen molar-refractivity contribution in [3.63, 3.8) is 0 Å². The van der Waals surface area contributed by atoms with Gasteiger partial charge in [-0.15, -0.1) is 0 Å². The van der Waals surface area contributed by atoms with Crippen LogP contribution in [0, 0.1) is 0 Å². The molecule has 8 heteroatoms. The molecule has 0 aliphatic rings. The van der Waals surface area contributed by atoms with Crippen LogP contribution in [0.5, 0.6) is 0 Å². The SMILES string of the molecule is CCc1ccc(C(=O)N(C)CC(=O)Nc2ccc(Cl)c(C(F)(F)F)c2)cc1. The van der Waals surface area contributed by atoms with Crippen LogP contribution in [-0.4, -0.2) is 30.3 Å². The van der Waals surface area contributed by atoms with E-state index in [1.54, 1.807) is 12.1 Å². The highest BCUT2D eigenvalue weighted by molar-refractivity contribution is 6.31.